The first-order chi connectivity index (χ1) is 43.2. The second kappa shape index (κ2) is 31.7. The van der Waals surface area contributed by atoms with E-state index < -0.39 is 12.4 Å². The van der Waals surface area contributed by atoms with Crippen LogP contribution in [0.1, 0.15) is 129 Å². The molecule has 13 rings (SSSR count). The summed E-state index contributed by atoms with van der Waals surface area (Å²) < 4.78 is 3.34. The van der Waals surface area contributed by atoms with E-state index in [1.165, 1.54) is 0 Å². The minimum atomic E-state index is -1.34. The van der Waals surface area contributed by atoms with Crippen LogP contribution >= 0.6 is 40.3 Å². The predicted octanol–water partition coefficient (Wildman–Crippen LogP) is 11.5. The molecule has 0 atom stereocenters. The van der Waals surface area contributed by atoms with Crippen LogP contribution in [-0.4, -0.2) is 82.2 Å². The quantitative estimate of drug-likeness (QED) is 0.0268. The number of nitrogens with zero attached hydrogens (tertiary/aromatic N) is 1. The Balaban J connectivity index is 0.000000159. The number of benzene rings is 9. The molecule has 0 heterocycles. The summed E-state index contributed by atoms with van der Waals surface area (Å²) in [6, 6.07) is 60.4. The van der Waals surface area contributed by atoms with Gasteiger partial charge in [0, 0.05) is 54.9 Å². The number of carbonyl (C=O) groups is 10. The fraction of sp³-hybridized carbons (Fsp3) is 0.0588. The number of anilines is 4. The molecule has 1 amide bonds. The molecule has 9 aromatic carbocycles. The van der Waals surface area contributed by atoms with Gasteiger partial charge in [-0.25, -0.2) is 0 Å². The van der Waals surface area contributed by atoms with Gasteiger partial charge in [0.2, 0.25) is 0 Å². The molecular weight excluding hydrogens is 1250 g/mol. The van der Waals surface area contributed by atoms with Crippen molar-refractivity contribution in [1.82, 2.24) is 0 Å². The third-order valence-electron chi connectivity index (χ3n) is 13.8. The zero-order chi connectivity index (χ0) is 65.2. The Morgan fingerprint density at radius 2 is 0.800 bits per heavy atom. The van der Waals surface area contributed by atoms with E-state index in [1.54, 1.807) is 127 Å². The number of Topliss-reactive ketones (excluding diaryl/α,β-unsaturated/α-hetero) is 8. The fourth-order valence-electron chi connectivity index (χ4n) is 9.77. The first-order valence-corrected chi connectivity index (χ1v) is 28.7. The number of thiol groups is 1. The molecule has 4 aliphatic carbocycles. The van der Waals surface area contributed by atoms with Crippen LogP contribution < -0.4 is 28.0 Å². The van der Waals surface area contributed by atoms with Crippen molar-refractivity contribution < 1.29 is 58.0 Å². The zero-order valence-corrected chi connectivity index (χ0v) is 50.7. The topological polar surface area (TPSA) is 314 Å². The Hall–Kier alpha value is -10.2. The van der Waals surface area contributed by atoms with Gasteiger partial charge in [0.25, 0.3) is 11.1 Å². The molecule has 447 valence electrons. The average molecular weight is 1300 g/mol. The summed E-state index contributed by atoms with van der Waals surface area (Å²) in [6.07, 6.45) is -0.303. The Morgan fingerprint density at radius 3 is 1.24 bits per heavy atom. The molecule has 22 heteroatoms. The summed E-state index contributed by atoms with van der Waals surface area (Å²) in [5.41, 5.74) is 26.6. The van der Waals surface area contributed by atoms with Crippen molar-refractivity contribution in [2.75, 3.05) is 22.5 Å². The maximum absolute atomic E-state index is 12.4. The number of fused-ring (bicyclic) bond motifs is 4. The van der Waals surface area contributed by atoms with Gasteiger partial charge in [-0.1, -0.05) is 180 Å². The van der Waals surface area contributed by atoms with Crippen LogP contribution in [0.15, 0.2) is 215 Å². The van der Waals surface area contributed by atoms with E-state index in [-0.39, 0.29) is 77.9 Å². The first-order valence-electron chi connectivity index (χ1n) is 27.2. The Morgan fingerprint density at radius 1 is 0.433 bits per heavy atom. The molecule has 0 saturated carbocycles. The van der Waals surface area contributed by atoms with Gasteiger partial charge in [-0.05, 0) is 81.8 Å². The summed E-state index contributed by atoms with van der Waals surface area (Å²) in [5.74, 6) is -1.71. The van der Waals surface area contributed by atoms with Gasteiger partial charge in [0.1, 0.15) is 0 Å². The summed E-state index contributed by atoms with van der Waals surface area (Å²) >= 11 is 11.6. The van der Waals surface area contributed by atoms with Crippen LogP contribution in [0.25, 0.3) is 22.3 Å². The molecule has 9 aromatic rings. The van der Waals surface area contributed by atoms with E-state index in [1.807, 2.05) is 78.9 Å². The summed E-state index contributed by atoms with van der Waals surface area (Å²) in [7, 11) is 2.99. The molecule has 0 aromatic heterocycles. The van der Waals surface area contributed by atoms with E-state index in [9.17, 15) is 47.9 Å². The van der Waals surface area contributed by atoms with Gasteiger partial charge in [-0.15, -0.1) is 0 Å². The standard InChI is InChI=1S/C22H15NO3.C15H11NO2.C9H6BrNO2.C9H7NO2.C7H5ClO.C6H7BO2.BHNS/c24-18-13-19(25)21-17(23-22(26)15-9-5-2-6-10-15)12-11-16(20(18)21)14-7-3-1-4-8-14;16-11-7-6-10(9-4-2-1-3-5-9)14-12(17)8-13(18)15(11)14;10-4-1-2-5(11)9-7(13)3-6(12)8(4)9;10-6-3-1-2-5-7(11)4-8(12)9(5)6;2*8-7(9)6-4-2-1-3-5-6;1-2-3/h1-12H,13H2,(H,23,26);1-7H,8,16H2;1-2H,3,11H2;1-3H,4,10H2;1-5H;1-5,8-9H;3H. The van der Waals surface area contributed by atoms with Crippen molar-refractivity contribution in [2.45, 2.75) is 25.7 Å². The van der Waals surface area contributed by atoms with Gasteiger partial charge in [0.15, 0.2) is 46.3 Å². The Bertz CT molecular complexity index is 4220. The fourth-order valence-corrected chi connectivity index (χ4v) is 10.4. The Kier molecular flexibility index (Phi) is 23.7. The zero-order valence-electron chi connectivity index (χ0n) is 47.5. The van der Waals surface area contributed by atoms with E-state index in [4.69, 9.17) is 38.8 Å². The molecule has 0 bridgehead atoms. The molecule has 0 unspecified atom stereocenters. The van der Waals surface area contributed by atoms with E-state index >= 15 is 0 Å². The number of nitrogens with one attached hydrogen (secondary N) is 1. The van der Waals surface area contributed by atoms with Crippen LogP contribution in [-0.2, 0) is 0 Å². The van der Waals surface area contributed by atoms with Crippen LogP contribution in [0.3, 0.4) is 0 Å². The van der Waals surface area contributed by atoms with E-state index in [0.717, 1.165) is 16.7 Å². The molecular formula is C68H52B2BrClN5O12S. The number of carbonyl (C=O) groups excluding carboxylic acids is 10. The molecule has 0 fully saturated rings. The summed E-state index contributed by atoms with van der Waals surface area (Å²) in [5, 5.41) is 19.5. The van der Waals surface area contributed by atoms with Crippen LogP contribution in [0.5, 0.6) is 0 Å². The molecule has 4 aliphatic rings. The number of amides is 1. The monoisotopic (exact) mass is 1300 g/mol. The second-order valence-electron chi connectivity index (χ2n) is 19.7. The number of nitrogen functional groups attached to an aromatic ring is 3. The van der Waals surface area contributed by atoms with Crippen molar-refractivity contribution in [3.05, 3.63) is 266 Å². The molecule has 0 spiro atoms. The van der Waals surface area contributed by atoms with Crippen molar-refractivity contribution in [3.8, 4) is 22.3 Å². The minimum absolute atomic E-state index is 0.0243. The van der Waals surface area contributed by atoms with Gasteiger partial charge >= 0.3 is 31.9 Å². The van der Waals surface area contributed by atoms with E-state index in [2.05, 4.69) is 46.0 Å². The molecule has 9 N–H and O–H groups in total. The molecule has 1 radical (unpaired) electrons. The van der Waals surface area contributed by atoms with Gasteiger partial charge in [-0.3, -0.25) is 47.9 Å². The second-order valence-corrected chi connectivity index (χ2v) is 21.1. The number of rotatable bonds is 6. The van der Waals surface area contributed by atoms with Crippen molar-refractivity contribution in [2.24, 2.45) is 4.30 Å². The Labute approximate surface area is 536 Å². The normalized spacial score (nSPS) is 12.5. The van der Waals surface area contributed by atoms with Gasteiger partial charge in [0.05, 0.1) is 53.6 Å². The van der Waals surface area contributed by atoms with Crippen LogP contribution in [0, 0.1) is 0 Å². The predicted molar refractivity (Wildman–Crippen MR) is 355 cm³/mol. The van der Waals surface area contributed by atoms with Crippen molar-refractivity contribution >= 4 is 141 Å². The van der Waals surface area contributed by atoms with Gasteiger partial charge in [-0.2, -0.15) is 0 Å². The van der Waals surface area contributed by atoms with Crippen LogP contribution in [0.4, 0.5) is 22.7 Å². The van der Waals surface area contributed by atoms with E-state index in [0.29, 0.717) is 93.9 Å². The summed E-state index contributed by atoms with van der Waals surface area (Å²) in [6.45, 7) is 0. The van der Waals surface area contributed by atoms with Crippen LogP contribution in [0.2, 0.25) is 0 Å². The van der Waals surface area contributed by atoms with Crippen molar-refractivity contribution in [3.63, 3.8) is 0 Å². The number of nitrogens with two attached hydrogens (primary N) is 3. The third-order valence-corrected chi connectivity index (χ3v) is 14.7. The van der Waals surface area contributed by atoms with Gasteiger partial charge < -0.3 is 32.6 Å². The average Bonchev–Trinajstić information content (AvgIpc) is 1.63. The SMILES string of the molecule is Nc1ccc(-c2ccccc2)c2c1C(=O)CC2=O.Nc1ccc(Br)c2c1C(=O)CC2=O.Nc1cccc2c1C(=O)CC2=O.O=C(Cl)c1ccccc1.O=C(Nc1ccc(-c2ccccc2)c2c1C(=O)CC2=O)c1ccccc1.OB(O)c1ccccc1.[B]=NS. The number of ketones is 8. The van der Waals surface area contributed by atoms with Crippen molar-refractivity contribution in [1.29, 1.82) is 0 Å². The third kappa shape index (κ3) is 16.5. The molecule has 0 saturated heterocycles. The first kappa shape index (κ1) is 67.4. The number of hydrogen-bond donors (Lipinski definition) is 7. The maximum atomic E-state index is 12.4. The molecule has 90 heavy (non-hydrogen) atoms. The summed E-state index contributed by atoms with van der Waals surface area (Å²) in [4.78, 5) is 116. The molecule has 0 aliphatic heterocycles. The number of hydrogen-bond acceptors (Lipinski definition) is 17. The molecule has 17 nitrogen and oxygen atoms in total. The number of halogens is 2.